The van der Waals surface area contributed by atoms with Crippen LogP contribution in [0.3, 0.4) is 0 Å². The lowest BCUT2D eigenvalue weighted by Crippen LogP contribution is -2.47. The van der Waals surface area contributed by atoms with Gasteiger partial charge in [0.2, 0.25) is 14.8 Å². The smallest absolute Gasteiger partial charge is 0.244 e. The molecule has 0 radical (unpaired) electrons. The number of fused-ring (bicyclic) bond motifs is 1. The third-order valence-corrected chi connectivity index (χ3v) is 8.45. The first-order valence-corrected chi connectivity index (χ1v) is 12.9. The lowest BCUT2D eigenvalue weighted by Gasteiger charge is -2.35. The van der Waals surface area contributed by atoms with Gasteiger partial charge in [-0.25, -0.2) is 13.1 Å². The van der Waals surface area contributed by atoms with Crippen LogP contribution in [0.15, 0.2) is 47.5 Å². The van der Waals surface area contributed by atoms with Crippen molar-refractivity contribution in [3.8, 4) is 0 Å². The molecule has 0 saturated carbocycles. The van der Waals surface area contributed by atoms with Crippen molar-refractivity contribution in [3.63, 3.8) is 0 Å². The summed E-state index contributed by atoms with van der Waals surface area (Å²) in [5, 5.41) is 5.34. The van der Waals surface area contributed by atoms with E-state index in [4.69, 9.17) is 23.8 Å². The van der Waals surface area contributed by atoms with Crippen LogP contribution in [0.1, 0.15) is 13.8 Å². The first-order valence-electron chi connectivity index (χ1n) is 10.7. The number of rotatable bonds is 7. The zero-order chi connectivity index (χ0) is 22.9. The summed E-state index contributed by atoms with van der Waals surface area (Å²) >= 11 is 11.7. The van der Waals surface area contributed by atoms with E-state index in [1.165, 1.54) is 4.31 Å². The van der Waals surface area contributed by atoms with Gasteiger partial charge in [-0.15, -0.1) is 0 Å². The molecule has 1 saturated heterocycles. The van der Waals surface area contributed by atoms with Crippen LogP contribution in [-0.4, -0.2) is 71.1 Å². The van der Waals surface area contributed by atoms with Gasteiger partial charge in [-0.05, 0) is 42.5 Å². The number of sulfonamides is 1. The third-order valence-electron chi connectivity index (χ3n) is 5.77. The van der Waals surface area contributed by atoms with E-state index in [0.29, 0.717) is 30.2 Å². The molecule has 1 aliphatic rings. The van der Waals surface area contributed by atoms with E-state index in [1.807, 2.05) is 32.0 Å². The zero-order valence-corrected chi connectivity index (χ0v) is 20.6. The monoisotopic (exact) mass is 494 g/mol. The molecule has 0 N–H and O–H groups in total. The van der Waals surface area contributed by atoms with Gasteiger partial charge in [0.1, 0.15) is 0 Å². The summed E-state index contributed by atoms with van der Waals surface area (Å²) in [5.41, 5.74) is 1.76. The molecule has 0 amide bonds. The van der Waals surface area contributed by atoms with Crippen LogP contribution in [0.25, 0.3) is 5.65 Å². The van der Waals surface area contributed by atoms with Gasteiger partial charge in [0.05, 0.1) is 11.6 Å². The number of aromatic nitrogens is 3. The molecule has 1 fully saturated rings. The molecule has 3 aromatic rings. The number of anilines is 1. The molecule has 0 aliphatic carbocycles. The fourth-order valence-corrected chi connectivity index (χ4v) is 5.85. The molecule has 32 heavy (non-hydrogen) atoms. The minimum absolute atomic E-state index is 0.222. The Hall–Kier alpha value is -1.98. The number of piperazine rings is 1. The highest BCUT2D eigenvalue weighted by Gasteiger charge is 2.23. The summed E-state index contributed by atoms with van der Waals surface area (Å²) in [4.78, 5) is 4.83. The second kappa shape index (κ2) is 9.48. The molecule has 1 aliphatic heterocycles. The van der Waals surface area contributed by atoms with Gasteiger partial charge < -0.3 is 4.90 Å². The topological polar surface area (TPSA) is 66.1 Å². The highest BCUT2D eigenvalue weighted by molar-refractivity contribution is 7.89. The molecule has 4 rings (SSSR count). The van der Waals surface area contributed by atoms with E-state index < -0.39 is 10.0 Å². The van der Waals surface area contributed by atoms with E-state index in [-0.39, 0.29) is 4.90 Å². The Kier molecular flexibility index (Phi) is 6.87. The summed E-state index contributed by atoms with van der Waals surface area (Å²) in [6.07, 6.45) is 1.58. The average molecular weight is 495 g/mol. The predicted octanol–water partition coefficient (Wildman–Crippen LogP) is 3.33. The van der Waals surface area contributed by atoms with Crippen LogP contribution in [-0.2, 0) is 16.7 Å². The summed E-state index contributed by atoms with van der Waals surface area (Å²) in [5.74, 6) is 0. The van der Waals surface area contributed by atoms with Crippen LogP contribution in [0, 0.1) is 4.77 Å². The van der Waals surface area contributed by atoms with Crippen molar-refractivity contribution in [2.75, 3.05) is 44.2 Å². The Morgan fingerprint density at radius 3 is 2.47 bits per heavy atom. The maximum atomic E-state index is 12.9. The second-order valence-electron chi connectivity index (χ2n) is 7.69. The van der Waals surface area contributed by atoms with Gasteiger partial charge >= 0.3 is 0 Å². The maximum absolute atomic E-state index is 12.9. The van der Waals surface area contributed by atoms with E-state index in [0.717, 1.165) is 36.9 Å². The molecule has 0 spiro atoms. The van der Waals surface area contributed by atoms with Crippen molar-refractivity contribution in [2.24, 2.45) is 0 Å². The molecule has 0 unspecified atom stereocenters. The molecule has 172 valence electrons. The molecule has 8 nitrogen and oxygen atoms in total. The molecule has 1 aromatic carbocycles. The summed E-state index contributed by atoms with van der Waals surface area (Å²) in [6.45, 7) is 8.55. The van der Waals surface area contributed by atoms with E-state index in [1.54, 1.807) is 27.4 Å². The highest BCUT2D eigenvalue weighted by atomic mass is 35.5. The zero-order valence-electron chi connectivity index (χ0n) is 18.2. The number of nitrogens with zero attached hydrogens (tertiary/aromatic N) is 6. The van der Waals surface area contributed by atoms with Crippen molar-refractivity contribution < 1.29 is 8.42 Å². The largest absolute Gasteiger partial charge is 0.369 e. The summed E-state index contributed by atoms with van der Waals surface area (Å²) < 4.78 is 31.1. The van der Waals surface area contributed by atoms with Crippen LogP contribution in [0.2, 0.25) is 5.02 Å². The standard InChI is InChI=1S/C21H27ClN6O2S2/c1-3-26(4-2)32(29,30)19-8-9-20-23-28(21(31)27(20)15-19)16-24-10-12-25(13-11-24)18-7-5-6-17(22)14-18/h5-9,14-15H,3-4,10-13,16H2,1-2H3. The minimum atomic E-state index is -3.56. The summed E-state index contributed by atoms with van der Waals surface area (Å²) in [7, 11) is -3.56. The first-order chi connectivity index (χ1) is 15.3. The van der Waals surface area contributed by atoms with Crippen LogP contribution < -0.4 is 4.90 Å². The molecule has 0 atom stereocenters. The molecule has 0 bridgehead atoms. The average Bonchev–Trinajstić information content (AvgIpc) is 3.09. The number of hydrogen-bond donors (Lipinski definition) is 0. The molecular formula is C21H27ClN6O2S2. The minimum Gasteiger partial charge on any atom is -0.369 e. The van der Waals surface area contributed by atoms with E-state index >= 15 is 0 Å². The van der Waals surface area contributed by atoms with Crippen LogP contribution in [0.5, 0.6) is 0 Å². The van der Waals surface area contributed by atoms with Gasteiger partial charge in [-0.3, -0.25) is 9.30 Å². The van der Waals surface area contributed by atoms with Gasteiger partial charge in [0, 0.05) is 56.2 Å². The Morgan fingerprint density at radius 2 is 1.81 bits per heavy atom. The van der Waals surface area contributed by atoms with Crippen molar-refractivity contribution >= 4 is 45.2 Å². The maximum Gasteiger partial charge on any atom is 0.244 e. The van der Waals surface area contributed by atoms with Crippen molar-refractivity contribution in [2.45, 2.75) is 25.4 Å². The van der Waals surface area contributed by atoms with E-state index in [9.17, 15) is 8.42 Å². The molecule has 2 aromatic heterocycles. The van der Waals surface area contributed by atoms with Crippen molar-refractivity contribution in [1.82, 2.24) is 23.4 Å². The molecular weight excluding hydrogens is 468 g/mol. The number of hydrogen-bond acceptors (Lipinski definition) is 6. The molecule has 3 heterocycles. The fourth-order valence-electron chi connectivity index (χ4n) is 3.97. The van der Waals surface area contributed by atoms with Crippen molar-refractivity contribution in [1.29, 1.82) is 0 Å². The van der Waals surface area contributed by atoms with Crippen LogP contribution >= 0.6 is 23.8 Å². The fraction of sp³-hybridized carbons (Fsp3) is 0.429. The Balaban J connectivity index is 1.50. The normalized spacial score (nSPS) is 15.7. The first kappa shape index (κ1) is 23.2. The van der Waals surface area contributed by atoms with Crippen molar-refractivity contribution in [3.05, 3.63) is 52.4 Å². The SMILES string of the molecule is CCN(CC)S(=O)(=O)c1ccc2nn(CN3CCN(c4cccc(Cl)c4)CC3)c(=S)n2c1. The third kappa shape index (κ3) is 4.55. The highest BCUT2D eigenvalue weighted by Crippen LogP contribution is 2.21. The number of benzene rings is 1. The lowest BCUT2D eigenvalue weighted by atomic mass is 10.2. The van der Waals surface area contributed by atoms with Crippen LogP contribution in [0.4, 0.5) is 5.69 Å². The number of halogens is 1. The quantitative estimate of drug-likeness (QED) is 0.469. The Morgan fingerprint density at radius 1 is 1.09 bits per heavy atom. The van der Waals surface area contributed by atoms with E-state index in [2.05, 4.69) is 21.0 Å². The van der Waals surface area contributed by atoms with Gasteiger partial charge in [0.25, 0.3) is 0 Å². The van der Waals surface area contributed by atoms with Gasteiger partial charge in [-0.1, -0.05) is 31.5 Å². The molecule has 11 heteroatoms. The predicted molar refractivity (Wildman–Crippen MR) is 129 cm³/mol. The van der Waals surface area contributed by atoms with Gasteiger partial charge in [0.15, 0.2) is 5.65 Å². The lowest BCUT2D eigenvalue weighted by molar-refractivity contribution is 0.195. The number of pyridine rings is 1. The summed E-state index contributed by atoms with van der Waals surface area (Å²) in [6, 6.07) is 11.2. The van der Waals surface area contributed by atoms with Gasteiger partial charge in [-0.2, -0.15) is 9.40 Å². The Bertz CT molecular complexity index is 1260. The Labute approximate surface area is 198 Å². The second-order valence-corrected chi connectivity index (χ2v) is 10.4.